The van der Waals surface area contributed by atoms with Crippen LogP contribution < -0.4 is 20.5 Å². The summed E-state index contributed by atoms with van der Waals surface area (Å²) in [7, 11) is 0. The first-order valence-electron chi connectivity index (χ1n) is 10.3. The maximum Gasteiger partial charge on any atom is 0.573 e. The Kier molecular flexibility index (Phi) is 9.15. The largest absolute Gasteiger partial charge is 0.573 e. The zero-order valence-corrected chi connectivity index (χ0v) is 18.7. The molecule has 0 fully saturated rings. The van der Waals surface area contributed by atoms with Crippen molar-refractivity contribution in [1.29, 1.82) is 0 Å². The Bertz CT molecular complexity index is 1040. The summed E-state index contributed by atoms with van der Waals surface area (Å²) >= 11 is 0. The number of nitrogens with two attached hydrogens (primary N) is 1. The molecule has 2 aromatic carbocycles. The maximum absolute atomic E-state index is 12.5. The first-order chi connectivity index (χ1) is 15.6. The van der Waals surface area contributed by atoms with Crippen molar-refractivity contribution in [3.63, 3.8) is 0 Å². The molecule has 0 aliphatic carbocycles. The number of halogens is 3. The van der Waals surface area contributed by atoms with E-state index in [1.54, 1.807) is 43.3 Å². The number of hydrogen-bond donors (Lipinski definition) is 2. The van der Waals surface area contributed by atoms with Gasteiger partial charge in [-0.3, -0.25) is 4.79 Å². The van der Waals surface area contributed by atoms with Crippen LogP contribution in [0.3, 0.4) is 0 Å². The molecular weight excluding hydrogens is 433 g/mol. The lowest BCUT2D eigenvalue weighted by atomic mass is 10.1. The first kappa shape index (κ1) is 25.6. The molecule has 0 spiro atoms. The van der Waals surface area contributed by atoms with E-state index in [1.807, 2.05) is 19.9 Å². The van der Waals surface area contributed by atoms with Crippen molar-refractivity contribution in [2.75, 3.05) is 0 Å². The number of alkyl halides is 3. The summed E-state index contributed by atoms with van der Waals surface area (Å²) in [6.07, 6.45) is 1.55. The standard InChI is InChI=1S/C25H27F3N2O3/c1-4-17(2)7-5-10-23(18(3)29)24(31)30-16-19-11-13-20(14-12-19)32-21-8-6-9-22(15-21)33-25(26,27)28/h5-15H,4,16,29H2,1-3H3,(H,30,31)/b10-5-,17-7?,23-18-. The van der Waals surface area contributed by atoms with Crippen LogP contribution in [0.2, 0.25) is 0 Å². The van der Waals surface area contributed by atoms with E-state index >= 15 is 0 Å². The molecule has 0 saturated carbocycles. The van der Waals surface area contributed by atoms with Crippen LogP contribution in [0.4, 0.5) is 13.2 Å². The van der Waals surface area contributed by atoms with E-state index in [9.17, 15) is 18.0 Å². The molecule has 0 saturated heterocycles. The Morgan fingerprint density at radius 3 is 2.33 bits per heavy atom. The molecule has 2 aromatic rings. The highest BCUT2D eigenvalue weighted by Gasteiger charge is 2.31. The van der Waals surface area contributed by atoms with Gasteiger partial charge in [0.05, 0.1) is 5.57 Å². The lowest BCUT2D eigenvalue weighted by Gasteiger charge is -2.11. The first-order valence-corrected chi connectivity index (χ1v) is 10.3. The van der Waals surface area contributed by atoms with Gasteiger partial charge in [0.25, 0.3) is 5.91 Å². The molecule has 2 rings (SSSR count). The number of hydrogen-bond acceptors (Lipinski definition) is 4. The third-order valence-electron chi connectivity index (χ3n) is 4.52. The van der Waals surface area contributed by atoms with Gasteiger partial charge in [0, 0.05) is 18.3 Å². The smallest absolute Gasteiger partial charge is 0.457 e. The number of carbonyl (C=O) groups is 1. The van der Waals surface area contributed by atoms with Gasteiger partial charge < -0.3 is 20.5 Å². The number of nitrogens with one attached hydrogen (secondary N) is 1. The van der Waals surface area contributed by atoms with E-state index in [1.165, 1.54) is 23.8 Å². The molecule has 0 aliphatic rings. The summed E-state index contributed by atoms with van der Waals surface area (Å²) in [4.78, 5) is 12.5. The Hall–Kier alpha value is -3.68. The van der Waals surface area contributed by atoms with Gasteiger partial charge in [-0.25, -0.2) is 0 Å². The third kappa shape index (κ3) is 9.14. The molecule has 0 radical (unpaired) electrons. The average Bonchev–Trinajstić information content (AvgIpc) is 2.74. The predicted octanol–water partition coefficient (Wildman–Crippen LogP) is 6.14. The van der Waals surface area contributed by atoms with Crippen LogP contribution >= 0.6 is 0 Å². The van der Waals surface area contributed by atoms with Crippen molar-refractivity contribution in [3.8, 4) is 17.2 Å². The lowest BCUT2D eigenvalue weighted by molar-refractivity contribution is -0.274. The minimum Gasteiger partial charge on any atom is -0.457 e. The number of amides is 1. The van der Waals surface area contributed by atoms with Gasteiger partial charge in [0.15, 0.2) is 0 Å². The minimum atomic E-state index is -4.77. The molecule has 0 unspecified atom stereocenters. The molecule has 5 nitrogen and oxygen atoms in total. The van der Waals surface area contributed by atoms with Gasteiger partial charge in [-0.2, -0.15) is 0 Å². The van der Waals surface area contributed by atoms with Crippen LogP contribution in [0.5, 0.6) is 17.2 Å². The van der Waals surface area contributed by atoms with Crippen molar-refractivity contribution in [2.24, 2.45) is 5.73 Å². The molecule has 0 aromatic heterocycles. The van der Waals surface area contributed by atoms with Crippen molar-refractivity contribution < 1.29 is 27.4 Å². The second-order valence-corrected chi connectivity index (χ2v) is 7.27. The van der Waals surface area contributed by atoms with Gasteiger partial charge >= 0.3 is 6.36 Å². The van der Waals surface area contributed by atoms with Crippen LogP contribution in [0.25, 0.3) is 0 Å². The van der Waals surface area contributed by atoms with E-state index in [2.05, 4.69) is 10.1 Å². The van der Waals surface area contributed by atoms with Crippen LogP contribution in [-0.2, 0) is 11.3 Å². The molecular formula is C25H27F3N2O3. The molecule has 0 bridgehead atoms. The lowest BCUT2D eigenvalue weighted by Crippen LogP contribution is -2.25. The fourth-order valence-electron chi connectivity index (χ4n) is 2.64. The average molecular weight is 460 g/mol. The Balaban J connectivity index is 1.97. The van der Waals surface area contributed by atoms with E-state index < -0.39 is 6.36 Å². The normalized spacial score (nSPS) is 13.0. The van der Waals surface area contributed by atoms with E-state index in [0.717, 1.165) is 18.1 Å². The molecule has 33 heavy (non-hydrogen) atoms. The fourth-order valence-corrected chi connectivity index (χ4v) is 2.64. The zero-order chi connectivity index (χ0) is 24.4. The van der Waals surface area contributed by atoms with Crippen LogP contribution in [0, 0.1) is 0 Å². The highest BCUT2D eigenvalue weighted by Crippen LogP contribution is 2.29. The summed E-state index contributed by atoms with van der Waals surface area (Å²) in [6.45, 7) is 5.98. The van der Waals surface area contributed by atoms with E-state index in [0.29, 0.717) is 17.0 Å². The molecule has 0 heterocycles. The van der Waals surface area contributed by atoms with Crippen LogP contribution in [-0.4, -0.2) is 12.3 Å². The second-order valence-electron chi connectivity index (χ2n) is 7.27. The summed E-state index contributed by atoms with van der Waals surface area (Å²) in [6, 6.07) is 12.1. The number of rotatable bonds is 9. The number of allylic oxidation sites excluding steroid dienone is 4. The minimum absolute atomic E-state index is 0.199. The Morgan fingerprint density at radius 2 is 1.73 bits per heavy atom. The predicted molar refractivity (Wildman–Crippen MR) is 122 cm³/mol. The molecule has 0 atom stereocenters. The SMILES string of the molecule is CCC(C)=C/C=C\C(C(=O)NCc1ccc(Oc2cccc(OC(F)(F)F)c2)cc1)=C(/C)N. The van der Waals surface area contributed by atoms with Gasteiger partial charge in [0.1, 0.15) is 17.2 Å². The molecule has 0 aliphatic heterocycles. The quantitative estimate of drug-likeness (QED) is 0.348. The van der Waals surface area contributed by atoms with Crippen LogP contribution in [0.15, 0.2) is 83.6 Å². The highest BCUT2D eigenvalue weighted by molar-refractivity contribution is 5.96. The van der Waals surface area contributed by atoms with Gasteiger partial charge in [0.2, 0.25) is 0 Å². The molecule has 176 valence electrons. The van der Waals surface area contributed by atoms with E-state index in [-0.39, 0.29) is 24.0 Å². The summed E-state index contributed by atoms with van der Waals surface area (Å²) in [5.74, 6) is -0.0397. The molecule has 1 amide bonds. The van der Waals surface area contributed by atoms with Gasteiger partial charge in [-0.05, 0) is 56.2 Å². The summed E-state index contributed by atoms with van der Waals surface area (Å²) in [5, 5.41) is 2.82. The fraction of sp³-hybridized carbons (Fsp3) is 0.240. The van der Waals surface area contributed by atoms with Crippen molar-refractivity contribution in [3.05, 3.63) is 89.2 Å². The number of benzene rings is 2. The Morgan fingerprint density at radius 1 is 1.06 bits per heavy atom. The third-order valence-corrected chi connectivity index (χ3v) is 4.52. The van der Waals surface area contributed by atoms with E-state index in [4.69, 9.17) is 10.5 Å². The Labute approximate surface area is 191 Å². The van der Waals surface area contributed by atoms with Crippen molar-refractivity contribution in [1.82, 2.24) is 5.32 Å². The second kappa shape index (κ2) is 11.8. The summed E-state index contributed by atoms with van der Waals surface area (Å²) < 4.78 is 46.6. The highest BCUT2D eigenvalue weighted by atomic mass is 19.4. The number of ether oxygens (including phenoxy) is 2. The number of carbonyl (C=O) groups excluding carboxylic acids is 1. The monoisotopic (exact) mass is 460 g/mol. The van der Waals surface area contributed by atoms with Crippen molar-refractivity contribution in [2.45, 2.75) is 40.1 Å². The van der Waals surface area contributed by atoms with Crippen LogP contribution in [0.1, 0.15) is 32.8 Å². The van der Waals surface area contributed by atoms with Gasteiger partial charge in [-0.1, -0.05) is 42.8 Å². The maximum atomic E-state index is 12.5. The molecule has 3 N–H and O–H groups in total. The topological polar surface area (TPSA) is 73.6 Å². The summed E-state index contributed by atoms with van der Waals surface area (Å²) in [5.41, 5.74) is 8.64. The van der Waals surface area contributed by atoms with Crippen molar-refractivity contribution >= 4 is 5.91 Å². The molecule has 8 heteroatoms. The van der Waals surface area contributed by atoms with Gasteiger partial charge in [-0.15, -0.1) is 13.2 Å². The zero-order valence-electron chi connectivity index (χ0n) is 18.7.